The van der Waals surface area contributed by atoms with Crippen LogP contribution in [0.5, 0.6) is 5.75 Å². The van der Waals surface area contributed by atoms with Gasteiger partial charge in [0.1, 0.15) is 5.75 Å². The van der Waals surface area contributed by atoms with Crippen LogP contribution in [0.3, 0.4) is 0 Å². The summed E-state index contributed by atoms with van der Waals surface area (Å²) >= 11 is 0. The van der Waals surface area contributed by atoms with Gasteiger partial charge in [-0.25, -0.2) is 4.79 Å². The second-order valence-electron chi connectivity index (χ2n) is 3.86. The topological polar surface area (TPSA) is 58.6 Å². The van der Waals surface area contributed by atoms with Gasteiger partial charge in [0, 0.05) is 0 Å². The van der Waals surface area contributed by atoms with Crippen molar-refractivity contribution in [2.75, 3.05) is 6.61 Å². The van der Waals surface area contributed by atoms with E-state index in [0.717, 1.165) is 11.1 Å². The van der Waals surface area contributed by atoms with Gasteiger partial charge >= 0.3 is 6.09 Å². The van der Waals surface area contributed by atoms with Gasteiger partial charge in [0.2, 0.25) is 0 Å². The van der Waals surface area contributed by atoms with Gasteiger partial charge in [-0.05, 0) is 44.0 Å². The largest absolute Gasteiger partial charge is 0.412 e. The summed E-state index contributed by atoms with van der Waals surface area (Å²) in [4.78, 5) is 11.3. The third-order valence-electron chi connectivity index (χ3n) is 2.33. The number of amides is 1. The molecule has 0 aliphatic carbocycles. The second kappa shape index (κ2) is 5.51. The molecule has 0 heterocycles. The Labute approximate surface area is 95.2 Å². The van der Waals surface area contributed by atoms with Crippen molar-refractivity contribution in [3.8, 4) is 5.75 Å². The van der Waals surface area contributed by atoms with E-state index in [-0.39, 0.29) is 12.6 Å². The summed E-state index contributed by atoms with van der Waals surface area (Å²) in [7, 11) is 0. The predicted octanol–water partition coefficient (Wildman–Crippen LogP) is 1.77. The van der Waals surface area contributed by atoms with Crippen molar-refractivity contribution < 1.29 is 14.6 Å². The Morgan fingerprint density at radius 3 is 2.69 bits per heavy atom. The lowest BCUT2D eigenvalue weighted by Gasteiger charge is -2.11. The Bertz CT molecular complexity index is 377. The highest BCUT2D eigenvalue weighted by molar-refractivity contribution is 5.70. The number of hydrogen-bond acceptors (Lipinski definition) is 3. The average Bonchev–Trinajstić information content (AvgIpc) is 2.23. The van der Waals surface area contributed by atoms with E-state index in [0.29, 0.717) is 5.75 Å². The molecule has 0 aliphatic heterocycles. The lowest BCUT2D eigenvalue weighted by atomic mass is 10.1. The molecule has 16 heavy (non-hydrogen) atoms. The van der Waals surface area contributed by atoms with Gasteiger partial charge in [0.25, 0.3) is 0 Å². The molecule has 0 saturated carbocycles. The van der Waals surface area contributed by atoms with Crippen molar-refractivity contribution >= 4 is 6.09 Å². The van der Waals surface area contributed by atoms with Crippen LogP contribution in [0.4, 0.5) is 4.79 Å². The molecule has 0 saturated heterocycles. The fraction of sp³-hybridized carbons (Fsp3) is 0.417. The first-order valence-corrected chi connectivity index (χ1v) is 5.19. The molecule has 4 heteroatoms. The first-order chi connectivity index (χ1) is 7.52. The van der Waals surface area contributed by atoms with E-state index in [4.69, 9.17) is 9.84 Å². The van der Waals surface area contributed by atoms with Crippen molar-refractivity contribution in [2.45, 2.75) is 26.8 Å². The Kier molecular flexibility index (Phi) is 4.31. The van der Waals surface area contributed by atoms with Crippen LogP contribution in [0.1, 0.15) is 18.1 Å². The Morgan fingerprint density at radius 2 is 2.12 bits per heavy atom. The monoisotopic (exact) mass is 223 g/mol. The highest BCUT2D eigenvalue weighted by atomic mass is 16.6. The maximum atomic E-state index is 11.3. The molecular formula is C12H17NO3. The molecule has 0 aliphatic rings. The minimum absolute atomic E-state index is 0.109. The molecule has 1 unspecified atom stereocenters. The molecule has 88 valence electrons. The number of ether oxygens (including phenoxy) is 1. The number of aryl methyl sites for hydroxylation is 2. The minimum atomic E-state index is -0.551. The quantitative estimate of drug-likeness (QED) is 0.821. The number of benzene rings is 1. The number of rotatable bonds is 3. The zero-order valence-electron chi connectivity index (χ0n) is 9.78. The highest BCUT2D eigenvalue weighted by Gasteiger charge is 2.08. The van der Waals surface area contributed by atoms with Crippen LogP contribution in [0.15, 0.2) is 18.2 Å². The Hall–Kier alpha value is -1.55. The van der Waals surface area contributed by atoms with Crippen molar-refractivity contribution in [1.29, 1.82) is 0 Å². The van der Waals surface area contributed by atoms with Crippen LogP contribution in [0.25, 0.3) is 0 Å². The van der Waals surface area contributed by atoms with Gasteiger partial charge in [-0.3, -0.25) is 0 Å². The van der Waals surface area contributed by atoms with Crippen LogP contribution < -0.4 is 10.1 Å². The summed E-state index contributed by atoms with van der Waals surface area (Å²) in [5.41, 5.74) is 2.22. The number of carbonyl (C=O) groups is 1. The summed E-state index contributed by atoms with van der Waals surface area (Å²) < 4.78 is 5.06. The summed E-state index contributed by atoms with van der Waals surface area (Å²) in [6.45, 7) is 5.53. The Balaban J connectivity index is 2.59. The highest BCUT2D eigenvalue weighted by Crippen LogP contribution is 2.16. The summed E-state index contributed by atoms with van der Waals surface area (Å²) in [5, 5.41) is 11.3. The third-order valence-corrected chi connectivity index (χ3v) is 2.33. The van der Waals surface area contributed by atoms with Crippen molar-refractivity contribution in [2.24, 2.45) is 0 Å². The lowest BCUT2D eigenvalue weighted by molar-refractivity contribution is 0.186. The van der Waals surface area contributed by atoms with Crippen molar-refractivity contribution in [1.82, 2.24) is 5.32 Å². The van der Waals surface area contributed by atoms with E-state index in [1.165, 1.54) is 0 Å². The molecule has 0 aromatic heterocycles. The van der Waals surface area contributed by atoms with Gasteiger partial charge in [-0.1, -0.05) is 6.07 Å². The number of carbonyl (C=O) groups excluding carboxylic acids is 1. The molecule has 1 amide bonds. The summed E-state index contributed by atoms with van der Waals surface area (Å²) in [6, 6.07) is 5.14. The molecule has 0 fully saturated rings. The van der Waals surface area contributed by atoms with E-state index in [1.807, 2.05) is 19.9 Å². The van der Waals surface area contributed by atoms with Crippen molar-refractivity contribution in [3.05, 3.63) is 29.3 Å². The molecule has 0 bridgehead atoms. The van der Waals surface area contributed by atoms with E-state index in [1.54, 1.807) is 19.1 Å². The van der Waals surface area contributed by atoms with E-state index in [9.17, 15) is 4.79 Å². The SMILES string of the molecule is Cc1ccc(OC(=O)NC(C)CO)cc1C. The number of hydrogen-bond donors (Lipinski definition) is 2. The van der Waals surface area contributed by atoms with Gasteiger partial charge in [-0.2, -0.15) is 0 Å². The maximum Gasteiger partial charge on any atom is 0.412 e. The normalized spacial score (nSPS) is 12.0. The second-order valence-corrected chi connectivity index (χ2v) is 3.86. The van der Waals surface area contributed by atoms with Crippen LogP contribution >= 0.6 is 0 Å². The molecule has 1 aromatic rings. The van der Waals surface area contributed by atoms with Gasteiger partial charge in [0.15, 0.2) is 0 Å². The number of aliphatic hydroxyl groups is 1. The molecule has 1 aromatic carbocycles. The van der Waals surface area contributed by atoms with Crippen LogP contribution in [-0.4, -0.2) is 23.8 Å². The molecule has 0 radical (unpaired) electrons. The van der Waals surface area contributed by atoms with Crippen LogP contribution in [-0.2, 0) is 0 Å². The lowest BCUT2D eigenvalue weighted by Crippen LogP contribution is -2.37. The first kappa shape index (κ1) is 12.5. The maximum absolute atomic E-state index is 11.3. The van der Waals surface area contributed by atoms with Gasteiger partial charge in [0.05, 0.1) is 12.6 Å². The zero-order valence-corrected chi connectivity index (χ0v) is 9.78. The molecule has 1 rings (SSSR count). The van der Waals surface area contributed by atoms with Crippen LogP contribution in [0.2, 0.25) is 0 Å². The molecular weight excluding hydrogens is 206 g/mol. The van der Waals surface area contributed by atoms with E-state index >= 15 is 0 Å². The van der Waals surface area contributed by atoms with Crippen molar-refractivity contribution in [3.63, 3.8) is 0 Å². The minimum Gasteiger partial charge on any atom is -0.410 e. The molecule has 1 atom stereocenters. The fourth-order valence-electron chi connectivity index (χ4n) is 1.16. The molecule has 0 spiro atoms. The van der Waals surface area contributed by atoms with E-state index in [2.05, 4.69) is 5.32 Å². The molecule has 2 N–H and O–H groups in total. The average molecular weight is 223 g/mol. The summed E-state index contributed by atoms with van der Waals surface area (Å²) in [5.74, 6) is 0.505. The molecule has 4 nitrogen and oxygen atoms in total. The van der Waals surface area contributed by atoms with Crippen LogP contribution in [0, 0.1) is 13.8 Å². The zero-order chi connectivity index (χ0) is 12.1. The standard InChI is InChI=1S/C12H17NO3/c1-8-4-5-11(6-9(8)2)16-12(15)13-10(3)7-14/h4-6,10,14H,7H2,1-3H3,(H,13,15). The number of aliphatic hydroxyl groups excluding tert-OH is 1. The smallest absolute Gasteiger partial charge is 0.410 e. The van der Waals surface area contributed by atoms with Gasteiger partial charge < -0.3 is 15.2 Å². The third kappa shape index (κ3) is 3.55. The Morgan fingerprint density at radius 1 is 1.44 bits per heavy atom. The van der Waals surface area contributed by atoms with E-state index < -0.39 is 6.09 Å². The predicted molar refractivity (Wildman–Crippen MR) is 61.6 cm³/mol. The van der Waals surface area contributed by atoms with Gasteiger partial charge in [-0.15, -0.1) is 0 Å². The fourth-order valence-corrected chi connectivity index (χ4v) is 1.16. The number of nitrogens with one attached hydrogen (secondary N) is 1. The summed E-state index contributed by atoms with van der Waals surface area (Å²) in [6.07, 6.45) is -0.551. The first-order valence-electron chi connectivity index (χ1n) is 5.19.